The fraction of sp³-hybridized carbons (Fsp3) is 0.281. The Labute approximate surface area is 256 Å². The molecule has 0 bridgehead atoms. The first kappa shape index (κ1) is 33.0. The molecule has 9 nitrogen and oxygen atoms in total. The van der Waals surface area contributed by atoms with Crippen molar-refractivity contribution in [3.05, 3.63) is 112 Å². The lowest BCUT2D eigenvalue weighted by molar-refractivity contribution is -0.140. The molecule has 236 valence electrons. The van der Waals surface area contributed by atoms with Gasteiger partial charge in [-0.05, 0) is 75.0 Å². The molecule has 0 spiro atoms. The number of alkyl halides is 3. The third-order valence-corrected chi connectivity index (χ3v) is 6.96. The lowest BCUT2D eigenvalue weighted by Crippen LogP contribution is -2.31. The number of aryl methyl sites for hydroxylation is 1. The van der Waals surface area contributed by atoms with Gasteiger partial charge in [0.25, 0.3) is 5.56 Å². The minimum absolute atomic E-state index is 0.140. The average Bonchev–Trinajstić information content (AvgIpc) is 3.42. The summed E-state index contributed by atoms with van der Waals surface area (Å²) in [7, 11) is 3.90. The molecule has 0 amide bonds. The Balaban J connectivity index is 0.000000276. The van der Waals surface area contributed by atoms with E-state index in [2.05, 4.69) is 15.0 Å². The van der Waals surface area contributed by atoms with Crippen LogP contribution in [0.4, 0.5) is 17.6 Å². The Bertz CT molecular complexity index is 1820. The fourth-order valence-corrected chi connectivity index (χ4v) is 4.61. The summed E-state index contributed by atoms with van der Waals surface area (Å²) in [6.07, 6.45) is 1.08. The lowest BCUT2D eigenvalue weighted by atomic mass is 10.1. The molecule has 1 atom stereocenters. The van der Waals surface area contributed by atoms with Gasteiger partial charge < -0.3 is 9.53 Å². The monoisotopic (exact) mass is 624 g/mol. The summed E-state index contributed by atoms with van der Waals surface area (Å²) in [5.41, 5.74) is 0.949. The number of halogens is 4. The number of benzene rings is 2. The number of fused-ring (bicyclic) bond motifs is 1. The summed E-state index contributed by atoms with van der Waals surface area (Å²) in [5.74, 6) is 0.0666. The van der Waals surface area contributed by atoms with Crippen LogP contribution in [0.15, 0.2) is 78.0 Å². The molecule has 45 heavy (non-hydrogen) atoms. The molecule has 1 unspecified atom stereocenters. The molecule has 3 aromatic heterocycles. The number of carbonyl (C=O) groups excluding carboxylic acids is 1. The Hall–Kier alpha value is -4.91. The van der Waals surface area contributed by atoms with Gasteiger partial charge in [0.05, 0.1) is 35.5 Å². The number of hydrogen-bond donors (Lipinski definition) is 0. The summed E-state index contributed by atoms with van der Waals surface area (Å²) >= 11 is 0. The van der Waals surface area contributed by atoms with E-state index in [1.165, 1.54) is 0 Å². The van der Waals surface area contributed by atoms with E-state index in [9.17, 15) is 27.2 Å². The SMILES string of the molecule is CCOc1ccc(-n2c(C(C)N(C)Cc3cnn(C)c3)nc3ncccc3c2=O)cc1.O=CCc1ccc(F)c(C(F)(F)F)c1. The normalized spacial score (nSPS) is 12.1. The van der Waals surface area contributed by atoms with Gasteiger partial charge in [-0.3, -0.25) is 18.9 Å². The highest BCUT2D eigenvalue weighted by Gasteiger charge is 2.34. The van der Waals surface area contributed by atoms with E-state index in [1.54, 1.807) is 27.6 Å². The zero-order chi connectivity index (χ0) is 32.7. The van der Waals surface area contributed by atoms with Gasteiger partial charge in [-0.2, -0.15) is 18.3 Å². The van der Waals surface area contributed by atoms with Crippen LogP contribution in [0.1, 0.15) is 42.4 Å². The van der Waals surface area contributed by atoms with Gasteiger partial charge in [-0.1, -0.05) is 6.07 Å². The number of aromatic nitrogens is 5. The van der Waals surface area contributed by atoms with Crippen LogP contribution in [0.25, 0.3) is 16.7 Å². The first-order chi connectivity index (χ1) is 21.4. The molecule has 5 aromatic rings. The molecule has 0 N–H and O–H groups in total. The van der Waals surface area contributed by atoms with Crippen LogP contribution < -0.4 is 10.3 Å². The molecule has 13 heteroatoms. The van der Waals surface area contributed by atoms with Gasteiger partial charge in [0.1, 0.15) is 23.7 Å². The fourth-order valence-electron chi connectivity index (χ4n) is 4.61. The largest absolute Gasteiger partial charge is 0.494 e. The predicted octanol–water partition coefficient (Wildman–Crippen LogP) is 5.69. The van der Waals surface area contributed by atoms with E-state index in [4.69, 9.17) is 9.72 Å². The molecule has 0 fully saturated rings. The van der Waals surface area contributed by atoms with Gasteiger partial charge in [-0.15, -0.1) is 0 Å². The number of carbonyl (C=O) groups is 1. The zero-order valence-corrected chi connectivity index (χ0v) is 25.1. The van der Waals surface area contributed by atoms with Crippen LogP contribution in [0.5, 0.6) is 5.75 Å². The van der Waals surface area contributed by atoms with E-state index in [0.717, 1.165) is 23.1 Å². The Morgan fingerprint density at radius 1 is 1.09 bits per heavy atom. The third kappa shape index (κ3) is 7.98. The maximum atomic E-state index is 13.5. The molecule has 2 aromatic carbocycles. The minimum Gasteiger partial charge on any atom is -0.494 e. The molecule has 0 aliphatic rings. The van der Waals surface area contributed by atoms with E-state index in [-0.39, 0.29) is 23.6 Å². The molecule has 5 rings (SSSR count). The highest BCUT2D eigenvalue weighted by atomic mass is 19.4. The van der Waals surface area contributed by atoms with Crippen LogP contribution in [0.3, 0.4) is 0 Å². The first-order valence-corrected chi connectivity index (χ1v) is 14.0. The van der Waals surface area contributed by atoms with E-state index >= 15 is 0 Å². The van der Waals surface area contributed by atoms with Crippen LogP contribution >= 0.6 is 0 Å². The zero-order valence-electron chi connectivity index (χ0n) is 25.1. The van der Waals surface area contributed by atoms with Crippen molar-refractivity contribution in [1.29, 1.82) is 0 Å². The molecular formula is C32H32F4N6O3. The molecule has 0 saturated carbocycles. The van der Waals surface area contributed by atoms with Gasteiger partial charge in [-0.25, -0.2) is 14.4 Å². The molecule has 0 aliphatic carbocycles. The smallest absolute Gasteiger partial charge is 0.419 e. The second kappa shape index (κ2) is 14.2. The number of ether oxygens (including phenoxy) is 1. The number of rotatable bonds is 9. The maximum absolute atomic E-state index is 13.5. The highest BCUT2D eigenvalue weighted by molar-refractivity contribution is 5.73. The van der Waals surface area contributed by atoms with Crippen molar-refractivity contribution < 1.29 is 27.1 Å². The minimum atomic E-state index is -4.72. The number of pyridine rings is 1. The van der Waals surface area contributed by atoms with Gasteiger partial charge in [0.15, 0.2) is 5.65 Å². The average molecular weight is 625 g/mol. The summed E-state index contributed by atoms with van der Waals surface area (Å²) in [6, 6.07) is 13.4. The van der Waals surface area contributed by atoms with Crippen LogP contribution in [0.2, 0.25) is 0 Å². The van der Waals surface area contributed by atoms with Crippen molar-refractivity contribution in [3.63, 3.8) is 0 Å². The second-order valence-corrected chi connectivity index (χ2v) is 10.2. The summed E-state index contributed by atoms with van der Waals surface area (Å²) in [5, 5.41) is 4.73. The summed E-state index contributed by atoms with van der Waals surface area (Å²) in [4.78, 5) is 34.8. The Kier molecular flexibility index (Phi) is 10.4. The van der Waals surface area contributed by atoms with Crippen LogP contribution in [-0.2, 0) is 31.0 Å². The standard InChI is InChI=1S/C23H26N6O2.C9H6F4O/c1-5-31-19-10-8-18(9-11-19)29-22(26-21-20(23(29)30)7-6-12-24-21)16(2)27(3)14-17-13-25-28(4)15-17;10-8-2-1-6(3-4-14)5-7(8)9(11,12)13/h6-13,15-16H,5,14H2,1-4H3;1-2,4-5H,3H2. The van der Waals surface area contributed by atoms with Crippen molar-refractivity contribution in [2.24, 2.45) is 7.05 Å². The second-order valence-electron chi connectivity index (χ2n) is 10.2. The van der Waals surface area contributed by atoms with Gasteiger partial charge in [0, 0.05) is 38.0 Å². The molecule has 0 aliphatic heterocycles. The Morgan fingerprint density at radius 2 is 1.82 bits per heavy atom. The Morgan fingerprint density at radius 3 is 2.44 bits per heavy atom. The number of nitrogens with zero attached hydrogens (tertiary/aromatic N) is 6. The first-order valence-electron chi connectivity index (χ1n) is 14.0. The molecule has 3 heterocycles. The van der Waals surface area contributed by atoms with Crippen molar-refractivity contribution in [2.45, 2.75) is 39.0 Å². The highest BCUT2D eigenvalue weighted by Crippen LogP contribution is 2.32. The topological polar surface area (TPSA) is 95.1 Å². The number of aldehydes is 1. The number of hydrogen-bond acceptors (Lipinski definition) is 7. The predicted molar refractivity (Wildman–Crippen MR) is 161 cm³/mol. The third-order valence-electron chi connectivity index (χ3n) is 6.96. The molecule has 0 saturated heterocycles. The van der Waals surface area contributed by atoms with Crippen LogP contribution in [0, 0.1) is 5.82 Å². The van der Waals surface area contributed by atoms with Gasteiger partial charge >= 0.3 is 6.18 Å². The summed E-state index contributed by atoms with van der Waals surface area (Å²) < 4.78 is 58.1. The van der Waals surface area contributed by atoms with Crippen molar-refractivity contribution in [2.75, 3.05) is 13.7 Å². The van der Waals surface area contributed by atoms with Crippen LogP contribution in [-0.4, -0.2) is 49.2 Å². The maximum Gasteiger partial charge on any atom is 0.419 e. The van der Waals surface area contributed by atoms with Crippen molar-refractivity contribution in [1.82, 2.24) is 29.2 Å². The lowest BCUT2D eigenvalue weighted by Gasteiger charge is -2.26. The quantitative estimate of drug-likeness (QED) is 0.154. The molecule has 0 radical (unpaired) electrons. The summed E-state index contributed by atoms with van der Waals surface area (Å²) in [6.45, 7) is 5.24. The van der Waals surface area contributed by atoms with E-state index < -0.39 is 17.6 Å². The van der Waals surface area contributed by atoms with E-state index in [0.29, 0.717) is 48.4 Å². The van der Waals surface area contributed by atoms with E-state index in [1.807, 2.05) is 64.6 Å². The molecular weight excluding hydrogens is 592 g/mol. The van der Waals surface area contributed by atoms with Gasteiger partial charge in [0.2, 0.25) is 0 Å². The van der Waals surface area contributed by atoms with Crippen molar-refractivity contribution in [3.8, 4) is 11.4 Å². The van der Waals surface area contributed by atoms with Crippen molar-refractivity contribution >= 4 is 17.3 Å².